The van der Waals surface area contributed by atoms with E-state index in [1.165, 1.54) is 0 Å². The molecule has 138 valence electrons. The lowest BCUT2D eigenvalue weighted by Gasteiger charge is -2.34. The molecule has 1 heterocycles. The number of hydrogen-bond donors (Lipinski definition) is 1. The molecule has 3 rings (SSSR count). The quantitative estimate of drug-likeness (QED) is 0.718. The molecule has 1 aliphatic rings. The van der Waals surface area contributed by atoms with Gasteiger partial charge in [0.05, 0.1) is 16.6 Å². The second-order valence-electron chi connectivity index (χ2n) is 6.36. The minimum atomic E-state index is 0.0188. The maximum Gasteiger partial charge on any atom is 0.238 e. The Morgan fingerprint density at radius 3 is 2.27 bits per heavy atom. The topological polar surface area (TPSA) is 35.6 Å². The summed E-state index contributed by atoms with van der Waals surface area (Å²) >= 11 is 15.4. The minimum absolute atomic E-state index is 0.0188. The molecular weight excluding hydrogens is 437 g/mol. The first kappa shape index (κ1) is 19.6. The predicted molar refractivity (Wildman–Crippen MR) is 111 cm³/mol. The molecule has 26 heavy (non-hydrogen) atoms. The fraction of sp³-hybridized carbons (Fsp3) is 0.316. The molecule has 4 nitrogen and oxygen atoms in total. The van der Waals surface area contributed by atoms with Crippen molar-refractivity contribution in [3.05, 3.63) is 62.5 Å². The van der Waals surface area contributed by atoms with Crippen LogP contribution in [-0.4, -0.2) is 48.4 Å². The average Bonchev–Trinajstić information content (AvgIpc) is 2.62. The van der Waals surface area contributed by atoms with Gasteiger partial charge in [-0.05, 0) is 42.0 Å². The maximum atomic E-state index is 12.2. The van der Waals surface area contributed by atoms with Gasteiger partial charge in [0.2, 0.25) is 5.91 Å². The third-order valence-electron chi connectivity index (χ3n) is 4.35. The van der Waals surface area contributed by atoms with Crippen LogP contribution < -0.4 is 5.32 Å². The molecule has 0 aromatic heterocycles. The summed E-state index contributed by atoms with van der Waals surface area (Å²) in [5, 5.41) is 4.11. The van der Waals surface area contributed by atoms with Crippen molar-refractivity contribution in [2.24, 2.45) is 0 Å². The van der Waals surface area contributed by atoms with Crippen LogP contribution in [0.3, 0.4) is 0 Å². The van der Waals surface area contributed by atoms with Gasteiger partial charge in [0.15, 0.2) is 0 Å². The lowest BCUT2D eigenvalue weighted by Crippen LogP contribution is -2.48. The molecule has 1 aliphatic heterocycles. The van der Waals surface area contributed by atoms with Gasteiger partial charge in [0.25, 0.3) is 0 Å². The monoisotopic (exact) mass is 455 g/mol. The van der Waals surface area contributed by atoms with Crippen LogP contribution in [0.5, 0.6) is 0 Å². The highest BCUT2D eigenvalue weighted by Gasteiger charge is 2.19. The van der Waals surface area contributed by atoms with Gasteiger partial charge in [-0.1, -0.05) is 45.2 Å². The largest absolute Gasteiger partial charge is 0.325 e. The summed E-state index contributed by atoms with van der Waals surface area (Å²) in [4.78, 5) is 16.7. The van der Waals surface area contributed by atoms with Gasteiger partial charge < -0.3 is 5.32 Å². The molecule has 0 unspecified atom stereocenters. The van der Waals surface area contributed by atoms with Crippen LogP contribution in [0.15, 0.2) is 46.9 Å². The summed E-state index contributed by atoms with van der Waals surface area (Å²) in [6, 6.07) is 13.4. The van der Waals surface area contributed by atoms with E-state index in [2.05, 4.69) is 31.0 Å². The number of nitrogens with zero attached hydrogens (tertiary/aromatic N) is 2. The zero-order valence-electron chi connectivity index (χ0n) is 14.2. The molecular formula is C19H20BrCl2N3O. The summed E-state index contributed by atoms with van der Waals surface area (Å²) in [6.45, 7) is 4.84. The molecule has 1 amide bonds. The van der Waals surface area contributed by atoms with Gasteiger partial charge in [-0.25, -0.2) is 0 Å². The van der Waals surface area contributed by atoms with Crippen molar-refractivity contribution in [1.82, 2.24) is 9.80 Å². The Morgan fingerprint density at radius 1 is 0.962 bits per heavy atom. The smallest absolute Gasteiger partial charge is 0.238 e. The lowest BCUT2D eigenvalue weighted by molar-refractivity contribution is -0.117. The molecule has 0 spiro atoms. The maximum absolute atomic E-state index is 12.2. The third-order valence-corrected chi connectivity index (χ3v) is 5.62. The van der Waals surface area contributed by atoms with Crippen LogP contribution in [0, 0.1) is 0 Å². The second-order valence-corrected chi connectivity index (χ2v) is 8.09. The first-order valence-corrected chi connectivity index (χ1v) is 9.98. The van der Waals surface area contributed by atoms with Crippen LogP contribution in [0.1, 0.15) is 5.56 Å². The molecule has 2 aromatic rings. The van der Waals surface area contributed by atoms with Crippen molar-refractivity contribution >= 4 is 50.7 Å². The Labute approximate surface area is 172 Å². The number of benzene rings is 2. The summed E-state index contributed by atoms with van der Waals surface area (Å²) < 4.78 is 0.994. The van der Waals surface area contributed by atoms with E-state index in [0.717, 1.165) is 48.4 Å². The molecule has 2 aromatic carbocycles. The Kier molecular flexibility index (Phi) is 6.95. The van der Waals surface area contributed by atoms with Gasteiger partial charge in [0.1, 0.15) is 0 Å². The molecule has 0 atom stereocenters. The number of nitrogens with one attached hydrogen (secondary N) is 1. The SMILES string of the molecule is O=C(CN1CCN(Cc2ccc(Cl)c(Cl)c2)CC1)Nc1ccc(Br)cc1. The Balaban J connectivity index is 1.43. The summed E-state index contributed by atoms with van der Waals surface area (Å²) in [6.07, 6.45) is 0. The standard InChI is InChI=1S/C19H20BrCl2N3O/c20-15-2-4-16(5-3-15)23-19(26)13-25-9-7-24(8-10-25)12-14-1-6-17(21)18(22)11-14/h1-6,11H,7-10,12-13H2,(H,23,26). The zero-order valence-corrected chi connectivity index (χ0v) is 17.3. The van der Waals surface area contributed by atoms with Crippen molar-refractivity contribution in [3.63, 3.8) is 0 Å². The van der Waals surface area contributed by atoms with Crippen molar-refractivity contribution < 1.29 is 4.79 Å². The first-order valence-electron chi connectivity index (χ1n) is 8.43. The normalized spacial score (nSPS) is 15.8. The van der Waals surface area contributed by atoms with Gasteiger partial charge in [-0.2, -0.15) is 0 Å². The van der Waals surface area contributed by atoms with Crippen LogP contribution in [-0.2, 0) is 11.3 Å². The average molecular weight is 457 g/mol. The van der Waals surface area contributed by atoms with E-state index in [1.54, 1.807) is 0 Å². The number of halogens is 3. The van der Waals surface area contributed by atoms with Crippen LogP contribution in [0.25, 0.3) is 0 Å². The fourth-order valence-electron chi connectivity index (χ4n) is 2.94. The van der Waals surface area contributed by atoms with Gasteiger partial charge in [0, 0.05) is 42.9 Å². The molecule has 0 bridgehead atoms. The molecule has 1 N–H and O–H groups in total. The number of anilines is 1. The Bertz CT molecular complexity index is 762. The molecule has 0 radical (unpaired) electrons. The first-order chi connectivity index (χ1) is 12.5. The van der Waals surface area contributed by atoms with Crippen molar-refractivity contribution in [3.8, 4) is 0 Å². The zero-order chi connectivity index (χ0) is 18.5. The van der Waals surface area contributed by atoms with Crippen molar-refractivity contribution in [2.75, 3.05) is 38.0 Å². The highest BCUT2D eigenvalue weighted by molar-refractivity contribution is 9.10. The lowest BCUT2D eigenvalue weighted by atomic mass is 10.2. The highest BCUT2D eigenvalue weighted by atomic mass is 79.9. The van der Waals surface area contributed by atoms with E-state index in [-0.39, 0.29) is 5.91 Å². The van der Waals surface area contributed by atoms with Gasteiger partial charge in [-0.15, -0.1) is 0 Å². The molecule has 1 saturated heterocycles. The summed E-state index contributed by atoms with van der Waals surface area (Å²) in [5.74, 6) is 0.0188. The van der Waals surface area contributed by atoms with Crippen molar-refractivity contribution in [1.29, 1.82) is 0 Å². The van der Waals surface area contributed by atoms with E-state index < -0.39 is 0 Å². The van der Waals surface area contributed by atoms with E-state index >= 15 is 0 Å². The van der Waals surface area contributed by atoms with Gasteiger partial charge in [-0.3, -0.25) is 14.6 Å². The number of carbonyl (C=O) groups is 1. The van der Waals surface area contributed by atoms with E-state index in [0.29, 0.717) is 16.6 Å². The summed E-state index contributed by atoms with van der Waals surface area (Å²) in [7, 11) is 0. The number of amides is 1. The second kappa shape index (κ2) is 9.20. The molecule has 7 heteroatoms. The van der Waals surface area contributed by atoms with Crippen LogP contribution >= 0.6 is 39.1 Å². The summed E-state index contributed by atoms with van der Waals surface area (Å²) in [5.41, 5.74) is 1.97. The van der Waals surface area contributed by atoms with Crippen molar-refractivity contribution in [2.45, 2.75) is 6.54 Å². The Morgan fingerprint density at radius 2 is 1.62 bits per heavy atom. The predicted octanol–water partition coefficient (Wildman–Crippen LogP) is 4.51. The van der Waals surface area contributed by atoms with E-state index in [9.17, 15) is 4.79 Å². The van der Waals surface area contributed by atoms with Gasteiger partial charge >= 0.3 is 0 Å². The molecule has 0 aliphatic carbocycles. The van der Waals surface area contributed by atoms with E-state index in [4.69, 9.17) is 23.2 Å². The third kappa shape index (κ3) is 5.69. The number of piperazine rings is 1. The minimum Gasteiger partial charge on any atom is -0.325 e. The molecule has 1 fully saturated rings. The number of hydrogen-bond acceptors (Lipinski definition) is 3. The Hall–Kier alpha value is -1.11. The number of carbonyl (C=O) groups excluding carboxylic acids is 1. The number of rotatable bonds is 5. The highest BCUT2D eigenvalue weighted by Crippen LogP contribution is 2.23. The fourth-order valence-corrected chi connectivity index (χ4v) is 3.52. The van der Waals surface area contributed by atoms with Crippen LogP contribution in [0.2, 0.25) is 10.0 Å². The molecule has 0 saturated carbocycles. The van der Waals surface area contributed by atoms with Crippen LogP contribution in [0.4, 0.5) is 5.69 Å². The van der Waals surface area contributed by atoms with E-state index in [1.807, 2.05) is 42.5 Å².